The number of carbonyl (C=O) groups is 2. The van der Waals surface area contributed by atoms with Crippen molar-refractivity contribution in [1.29, 1.82) is 0 Å². The van der Waals surface area contributed by atoms with E-state index in [9.17, 15) is 19.8 Å². The van der Waals surface area contributed by atoms with Crippen LogP contribution >= 0.6 is 11.3 Å². The van der Waals surface area contributed by atoms with Crippen LogP contribution in [0, 0.1) is 0 Å². The van der Waals surface area contributed by atoms with Gasteiger partial charge in [-0.05, 0) is 71.8 Å². The van der Waals surface area contributed by atoms with Crippen molar-refractivity contribution in [2.75, 3.05) is 18.1 Å². The van der Waals surface area contributed by atoms with E-state index < -0.39 is 11.8 Å². The number of rotatable bonds is 13. The van der Waals surface area contributed by atoms with Crippen LogP contribution in [-0.4, -0.2) is 45.2 Å². The topological polar surface area (TPSA) is 104 Å². The molecule has 0 amide bonds. The highest BCUT2D eigenvalue weighted by atomic mass is 32.1. The Kier molecular flexibility index (Phi) is 9.66. The number of hydrogen-bond donors (Lipinski definition) is 2. The van der Waals surface area contributed by atoms with Crippen molar-refractivity contribution >= 4 is 40.0 Å². The Bertz CT molecular complexity index is 1680. The first-order chi connectivity index (χ1) is 21.5. The van der Waals surface area contributed by atoms with Crippen molar-refractivity contribution in [1.82, 2.24) is 10.2 Å². The predicted octanol–water partition coefficient (Wildman–Crippen LogP) is 7.00. The highest BCUT2D eigenvalue weighted by Gasteiger charge is 2.21. The normalized spacial score (nSPS) is 12.2. The van der Waals surface area contributed by atoms with Crippen LogP contribution in [0.4, 0.5) is 17.1 Å². The predicted molar refractivity (Wildman–Crippen MR) is 176 cm³/mol. The minimum Gasteiger partial charge on any atom is -0.395 e. The number of aliphatic hydroxyl groups excluding tert-OH is 2. The van der Waals surface area contributed by atoms with Crippen LogP contribution in [0.15, 0.2) is 128 Å². The van der Waals surface area contributed by atoms with Gasteiger partial charge in [-0.15, -0.1) is 10.2 Å². The second kappa shape index (κ2) is 14.0. The number of aromatic nitrogens is 2. The molecule has 2 N–H and O–H groups in total. The van der Waals surface area contributed by atoms with Gasteiger partial charge in [0.15, 0.2) is 11.6 Å². The monoisotopic (exact) mass is 601 g/mol. The number of nitrogens with zero attached hydrogens (tertiary/aromatic N) is 3. The Hall–Kier alpha value is -5.02. The van der Waals surface area contributed by atoms with Gasteiger partial charge in [-0.25, -0.2) is 0 Å². The van der Waals surface area contributed by atoms with Crippen LogP contribution in [0.2, 0.25) is 0 Å². The fourth-order valence-corrected chi connectivity index (χ4v) is 5.81. The lowest BCUT2D eigenvalue weighted by atomic mass is 9.94. The van der Waals surface area contributed by atoms with Gasteiger partial charge >= 0.3 is 0 Å². The van der Waals surface area contributed by atoms with Crippen molar-refractivity contribution in [3.8, 4) is 21.1 Å². The van der Waals surface area contributed by atoms with E-state index in [1.807, 2.05) is 108 Å². The van der Waals surface area contributed by atoms with Crippen LogP contribution in [0.3, 0.4) is 0 Å². The van der Waals surface area contributed by atoms with Gasteiger partial charge in [0.2, 0.25) is 0 Å². The third kappa shape index (κ3) is 6.48. The molecule has 5 rings (SSSR count). The highest BCUT2D eigenvalue weighted by Crippen LogP contribution is 2.38. The first-order valence-corrected chi connectivity index (χ1v) is 14.8. The molecular formula is C36H31N3O4S. The number of allylic oxidation sites excluding steroid dienone is 2. The maximum Gasteiger partial charge on any atom is 0.164 e. The molecule has 0 spiro atoms. The van der Waals surface area contributed by atoms with E-state index in [2.05, 4.69) is 23.4 Å². The molecule has 0 bridgehead atoms. The number of ketones is 2. The standard InChI is InChI=1S/C36H31N3O4S/c1-3-33(42)31(22-40)24-10-16-28(17-11-24)39(29-18-12-25(13-19-29)32(23-41)34(43)4-2)30-20-14-27(15-21-30)36-38-37-35(44-36)26-8-6-5-7-9-26/h3-21,31-32,40-41H,1-2,22-23H2. The van der Waals surface area contributed by atoms with Crippen molar-refractivity contribution in [3.05, 3.63) is 140 Å². The van der Waals surface area contributed by atoms with Crippen molar-refractivity contribution < 1.29 is 19.8 Å². The molecule has 0 fully saturated rings. The summed E-state index contributed by atoms with van der Waals surface area (Å²) in [6, 6.07) is 32.8. The van der Waals surface area contributed by atoms with Crippen molar-refractivity contribution in [2.24, 2.45) is 0 Å². The van der Waals surface area contributed by atoms with Crippen LogP contribution in [0.5, 0.6) is 0 Å². The number of benzene rings is 4. The summed E-state index contributed by atoms with van der Waals surface area (Å²) in [5, 5.41) is 30.1. The fraction of sp³-hybridized carbons (Fsp3) is 0.111. The summed E-state index contributed by atoms with van der Waals surface area (Å²) in [5.41, 5.74) is 5.82. The molecule has 2 atom stereocenters. The maximum absolute atomic E-state index is 12.3. The van der Waals surface area contributed by atoms with Crippen LogP contribution in [0.25, 0.3) is 21.1 Å². The molecule has 0 saturated carbocycles. The third-order valence-electron chi connectivity index (χ3n) is 7.38. The molecule has 220 valence electrons. The molecule has 0 aliphatic carbocycles. The molecular weight excluding hydrogens is 570 g/mol. The quantitative estimate of drug-likeness (QED) is 0.140. The molecule has 1 heterocycles. The van der Waals surface area contributed by atoms with Gasteiger partial charge < -0.3 is 15.1 Å². The molecule has 0 radical (unpaired) electrons. The Labute approximate surface area is 260 Å². The molecule has 4 aromatic carbocycles. The first-order valence-electron chi connectivity index (χ1n) is 14.0. The molecule has 0 saturated heterocycles. The minimum atomic E-state index is -0.681. The van der Waals surface area contributed by atoms with Crippen LogP contribution in [0.1, 0.15) is 23.0 Å². The summed E-state index contributed by atoms with van der Waals surface area (Å²) in [7, 11) is 0. The molecule has 0 aliphatic heterocycles. The summed E-state index contributed by atoms with van der Waals surface area (Å²) in [4.78, 5) is 26.6. The van der Waals surface area contributed by atoms with Crippen molar-refractivity contribution in [3.63, 3.8) is 0 Å². The van der Waals surface area contributed by atoms with E-state index in [1.54, 1.807) is 0 Å². The number of hydrogen-bond acceptors (Lipinski definition) is 8. The number of anilines is 3. The Morgan fingerprint density at radius 3 is 1.41 bits per heavy atom. The van der Waals surface area contributed by atoms with Gasteiger partial charge in [0, 0.05) is 28.2 Å². The van der Waals surface area contributed by atoms with Crippen LogP contribution < -0.4 is 4.90 Å². The third-order valence-corrected chi connectivity index (χ3v) is 8.40. The Morgan fingerprint density at radius 2 is 1.02 bits per heavy atom. The lowest BCUT2D eigenvalue weighted by molar-refractivity contribution is -0.117. The zero-order chi connectivity index (χ0) is 31.1. The SMILES string of the molecule is C=CC(=O)C(CO)c1ccc(N(c2ccc(-c3nnc(-c4ccccc4)s3)cc2)c2ccc(C(CO)C(=O)C=C)cc2)cc1. The van der Waals surface area contributed by atoms with Gasteiger partial charge in [-0.2, -0.15) is 0 Å². The van der Waals surface area contributed by atoms with Gasteiger partial charge in [0.25, 0.3) is 0 Å². The number of carbonyl (C=O) groups excluding carboxylic acids is 2. The summed E-state index contributed by atoms with van der Waals surface area (Å²) in [6.45, 7) is 6.47. The molecule has 7 nitrogen and oxygen atoms in total. The first kappa shape index (κ1) is 30.4. The van der Waals surface area contributed by atoms with E-state index in [0.29, 0.717) is 11.1 Å². The average molecular weight is 602 g/mol. The van der Waals surface area contributed by atoms with E-state index in [1.165, 1.54) is 23.5 Å². The molecule has 1 aromatic heterocycles. The average Bonchev–Trinajstić information content (AvgIpc) is 3.58. The molecule has 8 heteroatoms. The highest BCUT2D eigenvalue weighted by molar-refractivity contribution is 7.17. The summed E-state index contributed by atoms with van der Waals surface area (Å²) < 4.78 is 0. The molecule has 2 unspecified atom stereocenters. The Balaban J connectivity index is 1.50. The summed E-state index contributed by atoms with van der Waals surface area (Å²) >= 11 is 1.52. The molecule has 5 aromatic rings. The van der Waals surface area contributed by atoms with E-state index in [-0.39, 0.29) is 24.8 Å². The fourth-order valence-electron chi connectivity index (χ4n) is 4.95. The van der Waals surface area contributed by atoms with Gasteiger partial charge in [0.1, 0.15) is 10.0 Å². The van der Waals surface area contributed by atoms with Crippen molar-refractivity contribution in [2.45, 2.75) is 11.8 Å². The molecule has 0 aliphatic rings. The van der Waals surface area contributed by atoms with E-state index in [4.69, 9.17) is 0 Å². The Morgan fingerprint density at radius 1 is 0.636 bits per heavy atom. The lowest BCUT2D eigenvalue weighted by Crippen LogP contribution is -2.15. The van der Waals surface area contributed by atoms with Gasteiger partial charge in [0.05, 0.1) is 25.0 Å². The zero-order valence-corrected chi connectivity index (χ0v) is 24.7. The maximum atomic E-state index is 12.3. The second-order valence-electron chi connectivity index (χ2n) is 10.0. The summed E-state index contributed by atoms with van der Waals surface area (Å²) in [6.07, 6.45) is 2.45. The second-order valence-corrected chi connectivity index (χ2v) is 11.0. The number of aliphatic hydroxyl groups is 2. The van der Waals surface area contributed by atoms with Gasteiger partial charge in [-0.3, -0.25) is 9.59 Å². The van der Waals surface area contributed by atoms with E-state index in [0.717, 1.165) is 38.2 Å². The van der Waals surface area contributed by atoms with Crippen LogP contribution in [-0.2, 0) is 9.59 Å². The lowest BCUT2D eigenvalue weighted by Gasteiger charge is -2.26. The molecule has 44 heavy (non-hydrogen) atoms. The zero-order valence-electron chi connectivity index (χ0n) is 23.9. The van der Waals surface area contributed by atoms with Gasteiger partial charge in [-0.1, -0.05) is 79.1 Å². The largest absolute Gasteiger partial charge is 0.395 e. The summed E-state index contributed by atoms with van der Waals surface area (Å²) in [5.74, 6) is -1.86. The van der Waals surface area contributed by atoms with E-state index >= 15 is 0 Å². The smallest absolute Gasteiger partial charge is 0.164 e. The minimum absolute atomic E-state index is 0.247.